The summed E-state index contributed by atoms with van der Waals surface area (Å²) in [5.41, 5.74) is 1.10. The lowest BCUT2D eigenvalue weighted by atomic mass is 10.2. The molecule has 1 atom stereocenters. The van der Waals surface area contributed by atoms with Crippen molar-refractivity contribution in [3.8, 4) is 0 Å². The molecular weight excluding hydrogens is 276 g/mol. The molecule has 1 saturated carbocycles. The molecular formula is C14H24N2O3S. The fourth-order valence-electron chi connectivity index (χ4n) is 2.29. The number of aromatic nitrogens is 1. The van der Waals surface area contributed by atoms with E-state index in [0.29, 0.717) is 19.1 Å². The van der Waals surface area contributed by atoms with E-state index in [1.54, 1.807) is 25.6 Å². The van der Waals surface area contributed by atoms with Crippen LogP contribution in [0.1, 0.15) is 36.3 Å². The highest BCUT2D eigenvalue weighted by Gasteiger charge is 2.31. The SMILES string of the molecule is COCCN(c1nc(C2CC2)c(CO)s1)C(C)COC. The van der Waals surface area contributed by atoms with Crippen molar-refractivity contribution in [3.05, 3.63) is 10.6 Å². The van der Waals surface area contributed by atoms with E-state index in [-0.39, 0.29) is 12.6 Å². The molecule has 0 aromatic carbocycles. The molecule has 0 bridgehead atoms. The van der Waals surface area contributed by atoms with Crippen molar-refractivity contribution in [2.24, 2.45) is 0 Å². The zero-order valence-corrected chi connectivity index (χ0v) is 13.3. The first-order valence-electron chi connectivity index (χ1n) is 7.06. The van der Waals surface area contributed by atoms with E-state index in [2.05, 4.69) is 11.8 Å². The maximum atomic E-state index is 9.51. The quantitative estimate of drug-likeness (QED) is 0.756. The second-order valence-corrected chi connectivity index (χ2v) is 6.29. The Bertz CT molecular complexity index is 421. The summed E-state index contributed by atoms with van der Waals surface area (Å²) in [7, 11) is 3.41. The van der Waals surface area contributed by atoms with Crippen LogP contribution in [0.25, 0.3) is 0 Å². The van der Waals surface area contributed by atoms with Crippen LogP contribution in [0.4, 0.5) is 5.13 Å². The highest BCUT2D eigenvalue weighted by atomic mass is 32.1. The van der Waals surface area contributed by atoms with E-state index in [0.717, 1.165) is 22.2 Å². The first kappa shape index (κ1) is 15.7. The van der Waals surface area contributed by atoms with Crippen molar-refractivity contribution in [1.29, 1.82) is 0 Å². The Morgan fingerprint density at radius 3 is 2.70 bits per heavy atom. The molecule has 5 nitrogen and oxygen atoms in total. The third-order valence-electron chi connectivity index (χ3n) is 3.55. The summed E-state index contributed by atoms with van der Waals surface area (Å²) in [6.45, 7) is 4.29. The van der Waals surface area contributed by atoms with Crippen LogP contribution >= 0.6 is 11.3 Å². The summed E-state index contributed by atoms with van der Waals surface area (Å²) in [6.07, 6.45) is 2.39. The van der Waals surface area contributed by atoms with Crippen molar-refractivity contribution < 1.29 is 14.6 Å². The first-order chi connectivity index (χ1) is 9.71. The Labute approximate surface area is 124 Å². The van der Waals surface area contributed by atoms with Crippen LogP contribution in [-0.2, 0) is 16.1 Å². The summed E-state index contributed by atoms with van der Waals surface area (Å²) < 4.78 is 10.4. The molecule has 1 unspecified atom stereocenters. The molecule has 0 amide bonds. The molecule has 114 valence electrons. The van der Waals surface area contributed by atoms with Crippen LogP contribution < -0.4 is 4.90 Å². The second kappa shape index (κ2) is 7.36. The van der Waals surface area contributed by atoms with Crippen LogP contribution in [0, 0.1) is 0 Å². The zero-order chi connectivity index (χ0) is 14.5. The Morgan fingerprint density at radius 2 is 2.15 bits per heavy atom. The minimum absolute atomic E-state index is 0.0836. The maximum absolute atomic E-state index is 9.51. The van der Waals surface area contributed by atoms with Gasteiger partial charge in [-0.15, -0.1) is 0 Å². The van der Waals surface area contributed by atoms with Crippen molar-refractivity contribution in [3.63, 3.8) is 0 Å². The number of aliphatic hydroxyl groups is 1. The standard InChI is InChI=1S/C14H24N2O3S/c1-10(9-19-3)16(6-7-18-2)14-15-13(11-4-5-11)12(8-17)20-14/h10-11,17H,4-9H2,1-3H3. The van der Waals surface area contributed by atoms with Crippen molar-refractivity contribution >= 4 is 16.5 Å². The first-order valence-corrected chi connectivity index (χ1v) is 7.87. The zero-order valence-electron chi connectivity index (χ0n) is 12.5. The minimum Gasteiger partial charge on any atom is -0.391 e. The van der Waals surface area contributed by atoms with E-state index in [1.165, 1.54) is 12.8 Å². The van der Waals surface area contributed by atoms with Gasteiger partial charge >= 0.3 is 0 Å². The number of anilines is 1. The molecule has 0 aliphatic heterocycles. The van der Waals surface area contributed by atoms with Gasteiger partial charge in [-0.2, -0.15) is 0 Å². The molecule has 0 saturated heterocycles. The van der Waals surface area contributed by atoms with Gasteiger partial charge in [0, 0.05) is 26.7 Å². The molecule has 1 N–H and O–H groups in total. The predicted molar refractivity (Wildman–Crippen MR) is 80.6 cm³/mol. The third-order valence-corrected chi connectivity index (χ3v) is 4.64. The fourth-order valence-corrected chi connectivity index (χ4v) is 3.42. The molecule has 1 fully saturated rings. The molecule has 1 aliphatic carbocycles. The Kier molecular flexibility index (Phi) is 5.77. The molecule has 1 aromatic rings. The predicted octanol–water partition coefficient (Wildman–Crippen LogP) is 2.00. The van der Waals surface area contributed by atoms with E-state index in [1.807, 2.05) is 0 Å². The lowest BCUT2D eigenvalue weighted by molar-refractivity contribution is 0.171. The van der Waals surface area contributed by atoms with Crippen LogP contribution in [0.15, 0.2) is 0 Å². The monoisotopic (exact) mass is 300 g/mol. The normalized spacial score (nSPS) is 16.4. The van der Waals surface area contributed by atoms with Crippen LogP contribution in [0.3, 0.4) is 0 Å². The number of hydrogen-bond donors (Lipinski definition) is 1. The largest absolute Gasteiger partial charge is 0.391 e. The summed E-state index contributed by atoms with van der Waals surface area (Å²) >= 11 is 1.59. The van der Waals surface area contributed by atoms with Gasteiger partial charge in [0.05, 0.1) is 36.4 Å². The minimum atomic E-state index is 0.0836. The van der Waals surface area contributed by atoms with Gasteiger partial charge in [-0.1, -0.05) is 11.3 Å². The average Bonchev–Trinajstić information content (AvgIpc) is 3.20. The lowest BCUT2D eigenvalue weighted by Crippen LogP contribution is -2.38. The van der Waals surface area contributed by atoms with E-state index in [9.17, 15) is 5.11 Å². The molecule has 1 aliphatic rings. The molecule has 6 heteroatoms. The number of hydrogen-bond acceptors (Lipinski definition) is 6. The summed E-state index contributed by atoms with van der Waals surface area (Å²) in [4.78, 5) is 7.99. The van der Waals surface area contributed by atoms with Gasteiger partial charge in [0.1, 0.15) is 0 Å². The molecule has 0 radical (unpaired) electrons. The van der Waals surface area contributed by atoms with Crippen LogP contribution in [0.5, 0.6) is 0 Å². The van der Waals surface area contributed by atoms with Gasteiger partial charge in [-0.3, -0.25) is 0 Å². The summed E-state index contributed by atoms with van der Waals surface area (Å²) in [6, 6.07) is 0.236. The molecule has 1 heterocycles. The van der Waals surface area contributed by atoms with Gasteiger partial charge in [0.15, 0.2) is 5.13 Å². The Morgan fingerprint density at radius 1 is 1.40 bits per heavy atom. The molecule has 1 aromatic heterocycles. The smallest absolute Gasteiger partial charge is 0.186 e. The molecule has 0 spiro atoms. The van der Waals surface area contributed by atoms with E-state index in [4.69, 9.17) is 14.5 Å². The Hall–Kier alpha value is -0.690. The average molecular weight is 300 g/mol. The molecule has 2 rings (SSSR count). The van der Waals surface area contributed by atoms with Crippen LogP contribution in [-0.4, -0.2) is 50.1 Å². The summed E-state index contributed by atoms with van der Waals surface area (Å²) in [5.74, 6) is 0.559. The highest BCUT2D eigenvalue weighted by Crippen LogP contribution is 2.44. The summed E-state index contributed by atoms with van der Waals surface area (Å²) in [5, 5.41) is 10.5. The van der Waals surface area contributed by atoms with Gasteiger partial charge in [-0.05, 0) is 19.8 Å². The second-order valence-electron chi connectivity index (χ2n) is 5.23. The van der Waals surface area contributed by atoms with Crippen molar-refractivity contribution in [2.75, 3.05) is 38.9 Å². The van der Waals surface area contributed by atoms with Gasteiger partial charge in [-0.25, -0.2) is 4.98 Å². The van der Waals surface area contributed by atoms with E-state index >= 15 is 0 Å². The number of ether oxygens (including phenoxy) is 2. The van der Waals surface area contributed by atoms with E-state index < -0.39 is 0 Å². The van der Waals surface area contributed by atoms with Crippen molar-refractivity contribution in [1.82, 2.24) is 4.98 Å². The highest BCUT2D eigenvalue weighted by molar-refractivity contribution is 7.15. The Balaban J connectivity index is 2.18. The number of aliphatic hydroxyl groups excluding tert-OH is 1. The number of rotatable bonds is 9. The molecule has 20 heavy (non-hydrogen) atoms. The topological polar surface area (TPSA) is 54.8 Å². The third kappa shape index (κ3) is 3.69. The van der Waals surface area contributed by atoms with Crippen molar-refractivity contribution in [2.45, 2.75) is 38.3 Å². The van der Waals surface area contributed by atoms with Crippen LogP contribution in [0.2, 0.25) is 0 Å². The van der Waals surface area contributed by atoms with Gasteiger partial charge < -0.3 is 19.5 Å². The number of methoxy groups -OCH3 is 2. The number of thiazole rings is 1. The van der Waals surface area contributed by atoms with Gasteiger partial charge in [0.2, 0.25) is 0 Å². The van der Waals surface area contributed by atoms with Gasteiger partial charge in [0.25, 0.3) is 0 Å². The fraction of sp³-hybridized carbons (Fsp3) is 0.786. The lowest BCUT2D eigenvalue weighted by Gasteiger charge is -2.28. The number of nitrogens with zero attached hydrogens (tertiary/aromatic N) is 2. The maximum Gasteiger partial charge on any atom is 0.186 e.